The number of carbonyl (C=O) groups excluding carboxylic acids is 1. The summed E-state index contributed by atoms with van der Waals surface area (Å²) in [6.45, 7) is 5.96. The van der Waals surface area contributed by atoms with Crippen LogP contribution in [0, 0.1) is 0 Å². The topological polar surface area (TPSA) is 135 Å². The van der Waals surface area contributed by atoms with Crippen LogP contribution in [0.25, 0.3) is 6.08 Å². The maximum Gasteiger partial charge on any atom is 0.341 e. The quantitative estimate of drug-likeness (QED) is 0.304. The molecule has 1 aromatic heterocycles. The number of thiazole rings is 1. The van der Waals surface area contributed by atoms with E-state index in [1.165, 1.54) is 23.9 Å². The van der Waals surface area contributed by atoms with Crippen molar-refractivity contribution in [2.75, 3.05) is 33.5 Å². The molecule has 0 bridgehead atoms. The second kappa shape index (κ2) is 13.6. The Bertz CT molecular complexity index is 1710. The number of hydrogen-bond donors (Lipinski definition) is 1. The summed E-state index contributed by atoms with van der Waals surface area (Å²) in [5, 5.41) is 9.11. The molecule has 0 saturated carbocycles. The van der Waals surface area contributed by atoms with E-state index in [-0.39, 0.29) is 28.7 Å². The molecule has 11 nitrogen and oxygen atoms in total. The molecular formula is C29H29ClN2O9S. The molecule has 2 aromatic carbocycles. The van der Waals surface area contributed by atoms with Gasteiger partial charge in [0.25, 0.3) is 5.56 Å². The largest absolute Gasteiger partial charge is 0.490 e. The van der Waals surface area contributed by atoms with Gasteiger partial charge >= 0.3 is 11.9 Å². The van der Waals surface area contributed by atoms with E-state index in [9.17, 15) is 14.4 Å². The van der Waals surface area contributed by atoms with Crippen LogP contribution in [0.1, 0.15) is 37.9 Å². The van der Waals surface area contributed by atoms with E-state index >= 15 is 0 Å². The van der Waals surface area contributed by atoms with Crippen molar-refractivity contribution < 1.29 is 38.4 Å². The monoisotopic (exact) mass is 616 g/mol. The Balaban J connectivity index is 1.86. The highest BCUT2D eigenvalue weighted by atomic mass is 35.5. The van der Waals surface area contributed by atoms with Gasteiger partial charge in [-0.05, 0) is 62.2 Å². The molecule has 1 atom stereocenters. The zero-order chi connectivity index (χ0) is 30.4. The fraction of sp³-hybridized carbons (Fsp3) is 0.310. The minimum Gasteiger partial charge on any atom is -0.490 e. The van der Waals surface area contributed by atoms with Gasteiger partial charge in [-0.25, -0.2) is 14.6 Å². The summed E-state index contributed by atoms with van der Waals surface area (Å²) in [6.07, 6.45) is 3.02. The summed E-state index contributed by atoms with van der Waals surface area (Å²) >= 11 is 7.54. The maximum absolute atomic E-state index is 13.9. The Labute approximate surface area is 249 Å². The third-order valence-electron chi connectivity index (χ3n) is 5.98. The van der Waals surface area contributed by atoms with Crippen molar-refractivity contribution in [3.8, 4) is 23.0 Å². The van der Waals surface area contributed by atoms with Gasteiger partial charge in [-0.2, -0.15) is 0 Å². The van der Waals surface area contributed by atoms with Crippen LogP contribution in [0.3, 0.4) is 0 Å². The Kier molecular flexibility index (Phi) is 9.92. The van der Waals surface area contributed by atoms with Gasteiger partial charge in [0.15, 0.2) is 34.4 Å². The molecule has 1 N–H and O–H groups in total. The number of aliphatic carboxylic acids is 1. The van der Waals surface area contributed by atoms with E-state index < -0.39 is 30.1 Å². The standard InChI is InChI=1S/C29H29ClN2O9S/c1-5-38-20-9-8-17(13-21(20)39-6-2)25-18(28(36)37-4)14-31-29-32(25)27(35)23(42-29)12-16-10-19(30)26(41-15-24(33)34)22(11-16)40-7-3/h8-14,25H,5-7,15H2,1-4H3,(H,33,34)/b23-12-/t25-/m1/s1. The molecule has 0 amide bonds. The summed E-state index contributed by atoms with van der Waals surface area (Å²) < 4.78 is 29.2. The van der Waals surface area contributed by atoms with Gasteiger partial charge in [0.05, 0.1) is 48.1 Å². The average molecular weight is 617 g/mol. The van der Waals surface area contributed by atoms with Crippen LogP contribution in [0.2, 0.25) is 5.02 Å². The molecule has 42 heavy (non-hydrogen) atoms. The molecule has 0 spiro atoms. The number of aromatic nitrogens is 1. The summed E-state index contributed by atoms with van der Waals surface area (Å²) in [4.78, 5) is 42.4. The van der Waals surface area contributed by atoms with Crippen LogP contribution in [0.5, 0.6) is 23.0 Å². The number of hydrogen-bond acceptors (Lipinski definition) is 10. The number of carbonyl (C=O) groups is 2. The van der Waals surface area contributed by atoms with Crippen LogP contribution in [-0.2, 0) is 14.3 Å². The number of benzene rings is 2. The predicted molar refractivity (Wildman–Crippen MR) is 156 cm³/mol. The number of rotatable bonds is 12. The fourth-order valence-corrected chi connectivity index (χ4v) is 5.59. The van der Waals surface area contributed by atoms with E-state index in [4.69, 9.17) is 40.4 Å². The number of carboxylic acids is 1. The van der Waals surface area contributed by atoms with Crippen molar-refractivity contribution in [1.82, 2.24) is 4.57 Å². The first-order valence-electron chi connectivity index (χ1n) is 13.0. The van der Waals surface area contributed by atoms with Crippen molar-refractivity contribution in [3.63, 3.8) is 0 Å². The Hall–Kier alpha value is -4.29. The van der Waals surface area contributed by atoms with E-state index in [1.807, 2.05) is 13.8 Å². The summed E-state index contributed by atoms with van der Waals surface area (Å²) in [7, 11) is 1.26. The number of ether oxygens (including phenoxy) is 5. The Morgan fingerprint density at radius 3 is 2.38 bits per heavy atom. The molecule has 0 aliphatic carbocycles. The van der Waals surface area contributed by atoms with Crippen LogP contribution in [0.4, 0.5) is 0 Å². The Morgan fingerprint density at radius 2 is 1.71 bits per heavy atom. The van der Waals surface area contributed by atoms with Crippen LogP contribution in [-0.4, -0.2) is 55.1 Å². The first kappa shape index (κ1) is 30.7. The van der Waals surface area contributed by atoms with Gasteiger partial charge < -0.3 is 28.8 Å². The lowest BCUT2D eigenvalue weighted by molar-refractivity contribution is -0.139. The molecule has 3 aromatic rings. The second-order valence-corrected chi connectivity index (χ2v) is 10.1. The maximum atomic E-state index is 13.9. The minimum absolute atomic E-state index is 0.0860. The van der Waals surface area contributed by atoms with Crippen molar-refractivity contribution in [2.45, 2.75) is 26.8 Å². The normalized spacial score (nSPS) is 14.4. The van der Waals surface area contributed by atoms with E-state index in [0.717, 1.165) is 11.3 Å². The van der Waals surface area contributed by atoms with Crippen LogP contribution in [0.15, 0.2) is 51.9 Å². The highest BCUT2D eigenvalue weighted by Gasteiger charge is 2.31. The summed E-state index contributed by atoms with van der Waals surface area (Å²) in [5.74, 6) is -0.465. The molecule has 1 aliphatic rings. The molecule has 13 heteroatoms. The zero-order valence-electron chi connectivity index (χ0n) is 23.3. The number of methoxy groups -OCH3 is 1. The molecule has 0 fully saturated rings. The SMILES string of the molecule is CCOc1ccc([C@@H]2C(C(=O)OC)=CN=c3s/c(=C\c4cc(Cl)c(OCC(=O)O)c(OCC)c4)c(=O)n32)cc1OCC. The number of esters is 1. The third kappa shape index (κ3) is 6.44. The van der Waals surface area contributed by atoms with E-state index in [2.05, 4.69) is 4.99 Å². The summed E-state index contributed by atoms with van der Waals surface area (Å²) in [5.41, 5.74) is 0.887. The number of nitrogens with zero attached hydrogens (tertiary/aromatic N) is 2. The lowest BCUT2D eigenvalue weighted by Gasteiger charge is -2.23. The van der Waals surface area contributed by atoms with Crippen molar-refractivity contribution >= 4 is 41.0 Å². The lowest BCUT2D eigenvalue weighted by Crippen LogP contribution is -2.39. The minimum atomic E-state index is -1.17. The van der Waals surface area contributed by atoms with E-state index in [1.54, 1.807) is 37.3 Å². The van der Waals surface area contributed by atoms with Gasteiger partial charge in [-0.1, -0.05) is 29.0 Å². The molecule has 1 aliphatic heterocycles. The number of halogens is 1. The highest BCUT2D eigenvalue weighted by molar-refractivity contribution is 7.07. The second-order valence-electron chi connectivity index (χ2n) is 8.69. The molecule has 0 unspecified atom stereocenters. The molecule has 0 radical (unpaired) electrons. The zero-order valence-corrected chi connectivity index (χ0v) is 24.9. The number of fused-ring (bicyclic) bond motifs is 1. The van der Waals surface area contributed by atoms with Gasteiger partial charge in [-0.3, -0.25) is 9.36 Å². The highest BCUT2D eigenvalue weighted by Crippen LogP contribution is 2.37. The van der Waals surface area contributed by atoms with Gasteiger partial charge in [0.1, 0.15) is 0 Å². The molecule has 222 valence electrons. The molecule has 0 saturated heterocycles. The van der Waals surface area contributed by atoms with Gasteiger partial charge in [-0.15, -0.1) is 0 Å². The molecule has 4 rings (SSSR count). The smallest absolute Gasteiger partial charge is 0.341 e. The van der Waals surface area contributed by atoms with Crippen LogP contribution >= 0.6 is 22.9 Å². The van der Waals surface area contributed by atoms with E-state index in [0.29, 0.717) is 45.2 Å². The molecular weight excluding hydrogens is 588 g/mol. The first-order valence-corrected chi connectivity index (χ1v) is 14.2. The predicted octanol–water partition coefficient (Wildman–Crippen LogP) is 3.33. The lowest BCUT2D eigenvalue weighted by atomic mass is 9.97. The van der Waals surface area contributed by atoms with Crippen LogP contribution < -0.4 is 33.8 Å². The van der Waals surface area contributed by atoms with Crippen molar-refractivity contribution in [3.05, 3.63) is 77.9 Å². The first-order chi connectivity index (χ1) is 20.2. The van der Waals surface area contributed by atoms with Crippen molar-refractivity contribution in [2.24, 2.45) is 4.99 Å². The van der Waals surface area contributed by atoms with Crippen molar-refractivity contribution in [1.29, 1.82) is 0 Å². The van der Waals surface area contributed by atoms with Gasteiger partial charge in [0.2, 0.25) is 0 Å². The third-order valence-corrected chi connectivity index (χ3v) is 7.26. The average Bonchev–Trinajstić information content (AvgIpc) is 3.27. The summed E-state index contributed by atoms with van der Waals surface area (Å²) in [6, 6.07) is 7.53. The molecule has 2 heterocycles. The Morgan fingerprint density at radius 1 is 1.02 bits per heavy atom. The number of carboxylic acid groups (broad SMARTS) is 1. The fourth-order valence-electron chi connectivity index (χ4n) is 4.35. The van der Waals surface area contributed by atoms with Gasteiger partial charge in [0, 0.05) is 6.20 Å².